The molecule has 0 bridgehead atoms. The van der Waals surface area contributed by atoms with Gasteiger partial charge in [-0.3, -0.25) is 4.68 Å². The summed E-state index contributed by atoms with van der Waals surface area (Å²) in [6.07, 6.45) is 9.90. The summed E-state index contributed by atoms with van der Waals surface area (Å²) in [4.78, 5) is 5.99. The molecule has 1 aromatic carbocycles. The van der Waals surface area contributed by atoms with E-state index in [-0.39, 0.29) is 0 Å². The summed E-state index contributed by atoms with van der Waals surface area (Å²) in [5.74, 6) is 0.627. The Balaban J connectivity index is 1.34. The summed E-state index contributed by atoms with van der Waals surface area (Å²) in [7, 11) is 0. The van der Waals surface area contributed by atoms with Crippen LogP contribution in [0.1, 0.15) is 49.8 Å². The van der Waals surface area contributed by atoms with Crippen molar-refractivity contribution >= 4 is 22.5 Å². The molecule has 138 valence electrons. The summed E-state index contributed by atoms with van der Waals surface area (Å²) in [6.45, 7) is 7.78. The second-order valence-corrected chi connectivity index (χ2v) is 8.16. The molecule has 1 aliphatic rings. The van der Waals surface area contributed by atoms with Gasteiger partial charge in [0.25, 0.3) is 0 Å². The summed E-state index contributed by atoms with van der Waals surface area (Å²) in [5, 5.41) is 6.55. The Hall–Kier alpha value is -1.78. The van der Waals surface area contributed by atoms with Crippen LogP contribution in [0.5, 0.6) is 0 Å². The highest BCUT2D eigenvalue weighted by Crippen LogP contribution is 2.34. The topological polar surface area (TPSA) is 36.9 Å². The van der Waals surface area contributed by atoms with Gasteiger partial charge >= 0.3 is 0 Å². The molecule has 26 heavy (non-hydrogen) atoms. The van der Waals surface area contributed by atoms with Crippen molar-refractivity contribution in [2.45, 2.75) is 45.1 Å². The minimum atomic E-state index is 0.434. The van der Waals surface area contributed by atoms with Crippen molar-refractivity contribution in [3.05, 3.63) is 52.9 Å². The van der Waals surface area contributed by atoms with Crippen LogP contribution in [0.3, 0.4) is 0 Å². The van der Waals surface area contributed by atoms with Gasteiger partial charge in [0, 0.05) is 40.9 Å². The summed E-state index contributed by atoms with van der Waals surface area (Å²) >= 11 is 6.20. The molecule has 0 unspecified atom stereocenters. The molecular formula is C21H27ClN4. The van der Waals surface area contributed by atoms with Crippen LogP contribution in [0.2, 0.25) is 5.02 Å². The van der Waals surface area contributed by atoms with E-state index in [4.69, 9.17) is 11.6 Å². The van der Waals surface area contributed by atoms with Gasteiger partial charge in [0.2, 0.25) is 0 Å². The molecule has 4 rings (SSSR count). The minimum Gasteiger partial charge on any atom is -0.361 e. The molecule has 0 radical (unpaired) electrons. The van der Waals surface area contributed by atoms with Crippen molar-refractivity contribution in [2.24, 2.45) is 0 Å². The highest BCUT2D eigenvalue weighted by molar-refractivity contribution is 6.31. The molecule has 3 heterocycles. The molecular weight excluding hydrogens is 344 g/mol. The number of H-pyrrole nitrogens is 1. The number of hydrogen-bond donors (Lipinski definition) is 1. The average molecular weight is 371 g/mol. The number of halogens is 1. The predicted molar refractivity (Wildman–Crippen MR) is 108 cm³/mol. The normalized spacial score (nSPS) is 16.8. The Kier molecular flexibility index (Phi) is 5.05. The van der Waals surface area contributed by atoms with Crippen molar-refractivity contribution in [3.8, 4) is 0 Å². The monoisotopic (exact) mass is 370 g/mol. The maximum absolute atomic E-state index is 6.20. The molecule has 1 fully saturated rings. The number of benzene rings is 1. The Morgan fingerprint density at radius 3 is 2.81 bits per heavy atom. The Morgan fingerprint density at radius 1 is 1.27 bits per heavy atom. The second-order valence-electron chi connectivity index (χ2n) is 7.72. The van der Waals surface area contributed by atoms with Crippen molar-refractivity contribution < 1.29 is 0 Å². The number of nitrogens with zero attached hydrogens (tertiary/aromatic N) is 3. The van der Waals surface area contributed by atoms with Crippen molar-refractivity contribution in [1.82, 2.24) is 19.7 Å². The van der Waals surface area contributed by atoms with E-state index >= 15 is 0 Å². The molecule has 0 spiro atoms. The first-order chi connectivity index (χ1) is 12.6. The van der Waals surface area contributed by atoms with Gasteiger partial charge in [-0.05, 0) is 81.4 Å². The van der Waals surface area contributed by atoms with Crippen LogP contribution in [-0.4, -0.2) is 39.3 Å². The number of rotatable bonds is 5. The van der Waals surface area contributed by atoms with Crippen molar-refractivity contribution in [2.75, 3.05) is 19.6 Å². The molecule has 1 aliphatic heterocycles. The van der Waals surface area contributed by atoms with Crippen LogP contribution >= 0.6 is 11.6 Å². The lowest BCUT2D eigenvalue weighted by molar-refractivity contribution is 0.215. The molecule has 0 amide bonds. The third kappa shape index (κ3) is 3.67. The number of hydrogen-bond acceptors (Lipinski definition) is 2. The minimum absolute atomic E-state index is 0.434. The Morgan fingerprint density at radius 2 is 2.08 bits per heavy atom. The van der Waals surface area contributed by atoms with Gasteiger partial charge in [0.1, 0.15) is 0 Å². The lowest BCUT2D eigenvalue weighted by Crippen LogP contribution is -2.34. The standard InChI is InChI=1S/C21H27ClN4/c1-15(2)26-14-16(12-24-26)5-8-25-9-6-17(7-10-25)20-13-23-21-4-3-18(22)11-19(20)21/h3-4,11-15,17,23H,5-10H2,1-2H3. The fraction of sp³-hybridized carbons (Fsp3) is 0.476. The first kappa shape index (κ1) is 17.6. The highest BCUT2D eigenvalue weighted by Gasteiger charge is 2.22. The number of aromatic amines is 1. The van der Waals surface area contributed by atoms with Gasteiger partial charge in [0.15, 0.2) is 0 Å². The zero-order valence-electron chi connectivity index (χ0n) is 15.6. The van der Waals surface area contributed by atoms with E-state index < -0.39 is 0 Å². The Labute approximate surface area is 160 Å². The zero-order chi connectivity index (χ0) is 18.1. The Bertz CT molecular complexity index is 871. The quantitative estimate of drug-likeness (QED) is 0.684. The van der Waals surface area contributed by atoms with E-state index in [1.165, 1.54) is 34.9 Å². The van der Waals surface area contributed by atoms with E-state index in [2.05, 4.69) is 53.4 Å². The molecule has 3 aromatic rings. The number of fused-ring (bicyclic) bond motifs is 1. The van der Waals surface area contributed by atoms with Gasteiger partial charge in [-0.1, -0.05) is 11.6 Å². The number of piperidine rings is 1. The van der Waals surface area contributed by atoms with Crippen molar-refractivity contribution in [3.63, 3.8) is 0 Å². The molecule has 0 atom stereocenters. The lowest BCUT2D eigenvalue weighted by Gasteiger charge is -2.31. The summed E-state index contributed by atoms with van der Waals surface area (Å²) in [6, 6.07) is 6.56. The molecule has 1 saturated heterocycles. The van der Waals surface area contributed by atoms with Gasteiger partial charge in [0.05, 0.1) is 6.20 Å². The van der Waals surface area contributed by atoms with Crippen LogP contribution in [-0.2, 0) is 6.42 Å². The van der Waals surface area contributed by atoms with E-state index in [9.17, 15) is 0 Å². The SMILES string of the molecule is CC(C)n1cc(CCN2CCC(c3c[nH]c4ccc(Cl)cc34)CC2)cn1. The molecule has 2 aromatic heterocycles. The predicted octanol–water partition coefficient (Wildman–Crippen LogP) is 5.02. The number of aromatic nitrogens is 3. The third-order valence-corrected chi connectivity index (χ3v) is 5.84. The van der Waals surface area contributed by atoms with Gasteiger partial charge in [-0.15, -0.1) is 0 Å². The van der Waals surface area contributed by atoms with Crippen LogP contribution in [0.25, 0.3) is 10.9 Å². The fourth-order valence-corrected chi connectivity index (χ4v) is 4.17. The van der Waals surface area contributed by atoms with E-state index in [1.54, 1.807) is 0 Å². The molecule has 5 heteroatoms. The summed E-state index contributed by atoms with van der Waals surface area (Å²) < 4.78 is 2.05. The second kappa shape index (κ2) is 7.45. The van der Waals surface area contributed by atoms with Crippen molar-refractivity contribution in [1.29, 1.82) is 0 Å². The maximum Gasteiger partial charge on any atom is 0.0522 e. The van der Waals surface area contributed by atoms with E-state index in [1.807, 2.05) is 16.9 Å². The summed E-state index contributed by atoms with van der Waals surface area (Å²) in [5.41, 5.74) is 3.96. The molecule has 0 saturated carbocycles. The lowest BCUT2D eigenvalue weighted by atomic mass is 9.89. The number of nitrogens with one attached hydrogen (secondary N) is 1. The average Bonchev–Trinajstić information content (AvgIpc) is 3.27. The van der Waals surface area contributed by atoms with Gasteiger partial charge in [-0.2, -0.15) is 5.10 Å². The van der Waals surface area contributed by atoms with Gasteiger partial charge in [-0.25, -0.2) is 0 Å². The highest BCUT2D eigenvalue weighted by atomic mass is 35.5. The molecule has 1 N–H and O–H groups in total. The zero-order valence-corrected chi connectivity index (χ0v) is 16.3. The first-order valence-electron chi connectivity index (χ1n) is 9.62. The van der Waals surface area contributed by atoms with Crippen LogP contribution in [0.15, 0.2) is 36.8 Å². The molecule has 0 aliphatic carbocycles. The number of likely N-dealkylation sites (tertiary alicyclic amines) is 1. The van der Waals surface area contributed by atoms with Crippen LogP contribution < -0.4 is 0 Å². The van der Waals surface area contributed by atoms with E-state index in [0.29, 0.717) is 12.0 Å². The smallest absolute Gasteiger partial charge is 0.0522 e. The van der Waals surface area contributed by atoms with Crippen LogP contribution in [0.4, 0.5) is 0 Å². The fourth-order valence-electron chi connectivity index (χ4n) is 4.00. The largest absolute Gasteiger partial charge is 0.361 e. The first-order valence-corrected chi connectivity index (χ1v) is 10.00. The van der Waals surface area contributed by atoms with Gasteiger partial charge < -0.3 is 9.88 Å². The maximum atomic E-state index is 6.20. The molecule has 4 nitrogen and oxygen atoms in total. The third-order valence-electron chi connectivity index (χ3n) is 5.60. The van der Waals surface area contributed by atoms with Crippen LogP contribution in [0, 0.1) is 0 Å². The van der Waals surface area contributed by atoms with E-state index in [0.717, 1.165) is 31.1 Å².